The summed E-state index contributed by atoms with van der Waals surface area (Å²) in [7, 11) is -3.01. The van der Waals surface area contributed by atoms with Gasteiger partial charge in [0, 0.05) is 5.38 Å². The molecule has 4 heteroatoms. The molecule has 1 rings (SSSR count). The Balaban J connectivity index is 2.56. The summed E-state index contributed by atoms with van der Waals surface area (Å²) in [4.78, 5) is 0. The van der Waals surface area contributed by atoms with Gasteiger partial charge in [0.1, 0.15) is 0 Å². The smallest absolute Gasteiger partial charge is 0.155 e. The maximum Gasteiger partial charge on any atom is 0.155 e. The highest BCUT2D eigenvalue weighted by atomic mass is 35.5. The SMILES string of the molecule is CCCC1CCC(Cl)C(CCS(=O)(=O)C(C)(C)C)C1. The third kappa shape index (κ3) is 4.93. The van der Waals surface area contributed by atoms with E-state index in [1.807, 2.05) is 0 Å². The lowest BCUT2D eigenvalue weighted by Gasteiger charge is -2.33. The van der Waals surface area contributed by atoms with E-state index in [2.05, 4.69) is 6.92 Å². The summed E-state index contributed by atoms with van der Waals surface area (Å²) < 4.78 is 23.7. The quantitative estimate of drug-likeness (QED) is 0.705. The van der Waals surface area contributed by atoms with E-state index < -0.39 is 14.6 Å². The average molecular weight is 309 g/mol. The molecule has 0 aliphatic heterocycles. The molecule has 3 atom stereocenters. The zero-order valence-electron chi connectivity index (χ0n) is 12.8. The summed E-state index contributed by atoms with van der Waals surface area (Å²) in [6, 6.07) is 0. The molecule has 2 nitrogen and oxygen atoms in total. The van der Waals surface area contributed by atoms with Crippen LogP contribution in [0.4, 0.5) is 0 Å². The monoisotopic (exact) mass is 308 g/mol. The van der Waals surface area contributed by atoms with Crippen molar-refractivity contribution >= 4 is 21.4 Å². The first-order chi connectivity index (χ1) is 8.67. The van der Waals surface area contributed by atoms with Gasteiger partial charge in [-0.15, -0.1) is 11.6 Å². The van der Waals surface area contributed by atoms with Gasteiger partial charge in [-0.1, -0.05) is 19.8 Å². The minimum Gasteiger partial charge on any atom is -0.228 e. The van der Waals surface area contributed by atoms with Crippen molar-refractivity contribution in [2.45, 2.75) is 76.3 Å². The predicted octanol–water partition coefficient (Wildman–Crippen LogP) is 4.41. The van der Waals surface area contributed by atoms with E-state index in [9.17, 15) is 8.42 Å². The van der Waals surface area contributed by atoms with Crippen molar-refractivity contribution < 1.29 is 8.42 Å². The van der Waals surface area contributed by atoms with Crippen molar-refractivity contribution in [1.29, 1.82) is 0 Å². The Morgan fingerprint density at radius 1 is 1.16 bits per heavy atom. The van der Waals surface area contributed by atoms with Gasteiger partial charge >= 0.3 is 0 Å². The Kier molecular flexibility index (Phi) is 6.19. The lowest BCUT2D eigenvalue weighted by atomic mass is 9.78. The fraction of sp³-hybridized carbons (Fsp3) is 1.00. The van der Waals surface area contributed by atoms with Crippen LogP contribution in [0, 0.1) is 11.8 Å². The Morgan fingerprint density at radius 3 is 2.32 bits per heavy atom. The fourth-order valence-corrected chi connectivity index (χ4v) is 4.49. The van der Waals surface area contributed by atoms with E-state index in [0.717, 1.165) is 25.2 Å². The van der Waals surface area contributed by atoms with Crippen molar-refractivity contribution in [1.82, 2.24) is 0 Å². The highest BCUT2D eigenvalue weighted by molar-refractivity contribution is 7.92. The van der Waals surface area contributed by atoms with Crippen molar-refractivity contribution in [3.8, 4) is 0 Å². The minimum absolute atomic E-state index is 0.170. The number of sulfone groups is 1. The second-order valence-corrected chi connectivity index (χ2v) is 10.4. The minimum atomic E-state index is -3.01. The zero-order chi connectivity index (χ0) is 14.7. The van der Waals surface area contributed by atoms with Crippen LogP contribution in [0.15, 0.2) is 0 Å². The molecule has 0 aromatic rings. The van der Waals surface area contributed by atoms with Crippen LogP contribution in [0.5, 0.6) is 0 Å². The third-order valence-corrected chi connectivity index (χ3v) is 7.60. The third-order valence-electron chi connectivity index (χ3n) is 4.39. The summed E-state index contributed by atoms with van der Waals surface area (Å²) in [5.74, 6) is 1.41. The van der Waals surface area contributed by atoms with Crippen LogP contribution in [0.1, 0.15) is 66.2 Å². The van der Waals surface area contributed by atoms with Crippen LogP contribution in [0.25, 0.3) is 0 Å². The normalized spacial score (nSPS) is 29.4. The molecule has 19 heavy (non-hydrogen) atoms. The molecule has 1 aliphatic rings. The van der Waals surface area contributed by atoms with Gasteiger partial charge in [-0.05, 0) is 58.3 Å². The zero-order valence-corrected chi connectivity index (χ0v) is 14.4. The van der Waals surface area contributed by atoms with E-state index in [-0.39, 0.29) is 11.1 Å². The number of alkyl halides is 1. The predicted molar refractivity (Wildman–Crippen MR) is 83.5 cm³/mol. The molecule has 0 aromatic carbocycles. The van der Waals surface area contributed by atoms with Crippen molar-refractivity contribution in [3.63, 3.8) is 0 Å². The van der Waals surface area contributed by atoms with E-state index in [1.165, 1.54) is 19.3 Å². The highest BCUT2D eigenvalue weighted by Gasteiger charge is 2.33. The molecule has 1 fully saturated rings. The van der Waals surface area contributed by atoms with Crippen LogP contribution < -0.4 is 0 Å². The summed E-state index contributed by atoms with van der Waals surface area (Å²) in [5, 5.41) is 0.170. The molecule has 1 aliphatic carbocycles. The maximum atomic E-state index is 12.2. The highest BCUT2D eigenvalue weighted by Crippen LogP contribution is 2.37. The molecule has 0 aromatic heterocycles. The second kappa shape index (κ2) is 6.80. The molecule has 0 spiro atoms. The Hall–Kier alpha value is 0.240. The molecule has 0 saturated heterocycles. The van der Waals surface area contributed by atoms with E-state index in [1.54, 1.807) is 20.8 Å². The number of hydrogen-bond donors (Lipinski definition) is 0. The Bertz CT molecular complexity index is 370. The molecule has 0 radical (unpaired) electrons. The van der Waals surface area contributed by atoms with Gasteiger partial charge < -0.3 is 0 Å². The van der Waals surface area contributed by atoms with Gasteiger partial charge in [0.15, 0.2) is 9.84 Å². The number of rotatable bonds is 5. The van der Waals surface area contributed by atoms with E-state index >= 15 is 0 Å². The lowest BCUT2D eigenvalue weighted by molar-refractivity contribution is 0.253. The Labute approximate surface area is 124 Å². The number of halogens is 1. The Morgan fingerprint density at radius 2 is 1.79 bits per heavy atom. The summed E-state index contributed by atoms with van der Waals surface area (Å²) in [5.41, 5.74) is 0. The van der Waals surface area contributed by atoms with Gasteiger partial charge in [-0.2, -0.15) is 0 Å². The van der Waals surface area contributed by atoms with Gasteiger partial charge in [0.25, 0.3) is 0 Å². The summed E-state index contributed by atoms with van der Waals surface area (Å²) >= 11 is 6.40. The molecular weight excluding hydrogens is 280 g/mol. The van der Waals surface area contributed by atoms with E-state index in [4.69, 9.17) is 11.6 Å². The van der Waals surface area contributed by atoms with E-state index in [0.29, 0.717) is 5.92 Å². The molecule has 3 unspecified atom stereocenters. The van der Waals surface area contributed by atoms with Crippen LogP contribution >= 0.6 is 11.6 Å². The van der Waals surface area contributed by atoms with Crippen LogP contribution in [0.3, 0.4) is 0 Å². The van der Waals surface area contributed by atoms with Crippen LogP contribution in [-0.2, 0) is 9.84 Å². The van der Waals surface area contributed by atoms with Crippen LogP contribution in [-0.4, -0.2) is 24.3 Å². The van der Waals surface area contributed by atoms with Gasteiger partial charge in [0.05, 0.1) is 10.5 Å². The average Bonchev–Trinajstić information content (AvgIpc) is 2.29. The first kappa shape index (κ1) is 17.3. The van der Waals surface area contributed by atoms with Crippen LogP contribution in [0.2, 0.25) is 0 Å². The summed E-state index contributed by atoms with van der Waals surface area (Å²) in [6.45, 7) is 7.55. The largest absolute Gasteiger partial charge is 0.228 e. The molecule has 0 N–H and O–H groups in total. The second-order valence-electron chi connectivity index (χ2n) is 6.96. The molecular formula is C15H29ClO2S. The van der Waals surface area contributed by atoms with Gasteiger partial charge in [0.2, 0.25) is 0 Å². The first-order valence-electron chi connectivity index (χ1n) is 7.53. The van der Waals surface area contributed by atoms with Crippen molar-refractivity contribution in [3.05, 3.63) is 0 Å². The standard InChI is InChI=1S/C15H29ClO2S/c1-5-6-12-7-8-14(16)13(11-12)9-10-19(17,18)15(2,3)4/h12-14H,5-11H2,1-4H3. The van der Waals surface area contributed by atoms with Gasteiger partial charge in [-0.25, -0.2) is 8.42 Å². The molecule has 0 bridgehead atoms. The maximum absolute atomic E-state index is 12.2. The van der Waals surface area contributed by atoms with Gasteiger partial charge in [-0.3, -0.25) is 0 Å². The molecule has 1 saturated carbocycles. The lowest BCUT2D eigenvalue weighted by Crippen LogP contribution is -2.33. The van der Waals surface area contributed by atoms with Crippen molar-refractivity contribution in [2.24, 2.45) is 11.8 Å². The summed E-state index contributed by atoms with van der Waals surface area (Å²) in [6.07, 6.45) is 6.57. The van der Waals surface area contributed by atoms with Crippen molar-refractivity contribution in [2.75, 3.05) is 5.75 Å². The fourth-order valence-electron chi connectivity index (χ4n) is 2.91. The molecule has 114 valence electrons. The molecule has 0 heterocycles. The molecule has 0 amide bonds. The number of hydrogen-bond acceptors (Lipinski definition) is 2. The topological polar surface area (TPSA) is 34.1 Å². The first-order valence-corrected chi connectivity index (χ1v) is 9.62.